The highest BCUT2D eigenvalue weighted by Gasteiger charge is 2.25. The first-order valence-electron chi connectivity index (χ1n) is 13.2. The highest BCUT2D eigenvalue weighted by molar-refractivity contribution is 6.31. The Hall–Kier alpha value is -3.81. The Bertz CT molecular complexity index is 1500. The van der Waals surface area contributed by atoms with E-state index in [9.17, 15) is 18.7 Å². The summed E-state index contributed by atoms with van der Waals surface area (Å²) in [6.07, 6.45) is 4.98. The number of nitrogens with zero attached hydrogens (tertiary/aromatic N) is 7. The molecule has 1 amide bonds. The van der Waals surface area contributed by atoms with Gasteiger partial charge >= 0.3 is 6.61 Å². The molecule has 11 nitrogen and oxygen atoms in total. The second-order valence-corrected chi connectivity index (χ2v) is 10.7. The maximum Gasteiger partial charge on any atom is 0.387 e. The zero-order chi connectivity index (χ0) is 29.1. The number of ether oxygens (including phenoxy) is 1. The molecule has 1 aromatic carbocycles. The van der Waals surface area contributed by atoms with Crippen LogP contribution in [-0.4, -0.2) is 84.5 Å². The van der Waals surface area contributed by atoms with Gasteiger partial charge in [0.05, 0.1) is 17.4 Å². The standard InChI is InChI=1S/C27H31ClF2N8O3/c1-17(2)14-35-8-10-36(11-9-35)23(39)16-37-15-21(33-26(40)20-13-32-38-7-3-6-31-25(20)38)24(34-37)19-12-18(28)4-5-22(19)41-27(29)30/h3-7,12-13,15,17,26-27,33,40H,8-11,14,16H2,1-2H3. The third-order valence-corrected chi connectivity index (χ3v) is 6.95. The van der Waals surface area contributed by atoms with Crippen LogP contribution >= 0.6 is 11.6 Å². The molecule has 41 heavy (non-hydrogen) atoms. The number of hydrogen-bond acceptors (Lipinski definition) is 8. The number of aliphatic hydroxyl groups excluding tert-OH is 1. The summed E-state index contributed by atoms with van der Waals surface area (Å²) in [5.41, 5.74) is 1.41. The summed E-state index contributed by atoms with van der Waals surface area (Å²) >= 11 is 6.21. The average Bonchev–Trinajstić information content (AvgIpc) is 3.53. The summed E-state index contributed by atoms with van der Waals surface area (Å²) in [6, 6.07) is 5.89. The molecule has 0 spiro atoms. The Labute approximate surface area is 240 Å². The number of rotatable bonds is 10. The van der Waals surface area contributed by atoms with E-state index in [1.807, 2.05) is 0 Å². The van der Waals surface area contributed by atoms with Gasteiger partial charge in [0.25, 0.3) is 0 Å². The molecule has 4 heterocycles. The van der Waals surface area contributed by atoms with Crippen LogP contribution in [0, 0.1) is 5.92 Å². The number of benzene rings is 1. The van der Waals surface area contributed by atoms with Crippen LogP contribution in [0.3, 0.4) is 0 Å². The largest absolute Gasteiger partial charge is 0.434 e. The average molecular weight is 589 g/mol. The molecule has 1 aliphatic heterocycles. The van der Waals surface area contributed by atoms with Gasteiger partial charge < -0.3 is 20.1 Å². The lowest BCUT2D eigenvalue weighted by Gasteiger charge is -2.35. The summed E-state index contributed by atoms with van der Waals surface area (Å²) < 4.78 is 34.1. The SMILES string of the molecule is CC(C)CN1CCN(C(=O)Cn2cc(NC(O)c3cnn4cccnc34)c(-c3cc(Cl)ccc3OC(F)F)n2)CC1. The van der Waals surface area contributed by atoms with Gasteiger partial charge in [-0.05, 0) is 30.2 Å². The molecule has 1 fully saturated rings. The zero-order valence-corrected chi connectivity index (χ0v) is 23.4. The van der Waals surface area contributed by atoms with Gasteiger partial charge in [-0.1, -0.05) is 25.4 Å². The normalized spacial score (nSPS) is 15.2. The molecular formula is C27H31ClF2N8O3. The predicted molar refractivity (Wildman–Crippen MR) is 149 cm³/mol. The fourth-order valence-electron chi connectivity index (χ4n) is 4.89. The van der Waals surface area contributed by atoms with Crippen molar-refractivity contribution in [1.29, 1.82) is 0 Å². The monoisotopic (exact) mass is 588 g/mol. The van der Waals surface area contributed by atoms with Crippen molar-refractivity contribution in [1.82, 2.24) is 34.2 Å². The number of carbonyl (C=O) groups is 1. The van der Waals surface area contributed by atoms with E-state index < -0.39 is 12.8 Å². The highest BCUT2D eigenvalue weighted by atomic mass is 35.5. The van der Waals surface area contributed by atoms with Crippen molar-refractivity contribution in [3.63, 3.8) is 0 Å². The van der Waals surface area contributed by atoms with Crippen molar-refractivity contribution in [3.05, 3.63) is 59.6 Å². The number of nitrogens with one attached hydrogen (secondary N) is 1. The van der Waals surface area contributed by atoms with Crippen LogP contribution in [0.15, 0.2) is 49.1 Å². The van der Waals surface area contributed by atoms with Gasteiger partial charge in [0, 0.05) is 61.9 Å². The number of hydrogen-bond donors (Lipinski definition) is 2. The molecule has 14 heteroatoms. The molecule has 0 bridgehead atoms. The summed E-state index contributed by atoms with van der Waals surface area (Å²) in [7, 11) is 0. The molecule has 1 unspecified atom stereocenters. The summed E-state index contributed by atoms with van der Waals surface area (Å²) in [5, 5.41) is 23.1. The lowest BCUT2D eigenvalue weighted by Crippen LogP contribution is -2.50. The molecule has 5 rings (SSSR count). The van der Waals surface area contributed by atoms with Crippen LogP contribution in [0.4, 0.5) is 14.5 Å². The van der Waals surface area contributed by atoms with Crippen LogP contribution in [-0.2, 0) is 11.3 Å². The number of carbonyl (C=O) groups excluding carboxylic acids is 1. The van der Waals surface area contributed by atoms with Crippen LogP contribution in [0.2, 0.25) is 5.02 Å². The molecule has 4 aromatic rings. The molecule has 2 N–H and O–H groups in total. The fraction of sp³-hybridized carbons (Fsp3) is 0.407. The lowest BCUT2D eigenvalue weighted by atomic mass is 10.1. The van der Waals surface area contributed by atoms with Gasteiger partial charge in [0.15, 0.2) is 11.9 Å². The molecule has 0 aliphatic carbocycles. The maximum absolute atomic E-state index is 13.2. The number of amides is 1. The van der Waals surface area contributed by atoms with Crippen LogP contribution < -0.4 is 10.1 Å². The van der Waals surface area contributed by atoms with Crippen molar-refractivity contribution in [2.75, 3.05) is 38.0 Å². The van der Waals surface area contributed by atoms with E-state index in [2.05, 4.69) is 39.2 Å². The fourth-order valence-corrected chi connectivity index (χ4v) is 5.06. The van der Waals surface area contributed by atoms with E-state index in [1.54, 1.807) is 23.4 Å². The molecule has 1 atom stereocenters. The number of halogens is 3. The van der Waals surface area contributed by atoms with E-state index in [0.717, 1.165) is 19.6 Å². The van der Waals surface area contributed by atoms with Crippen molar-refractivity contribution < 1.29 is 23.4 Å². The molecular weight excluding hydrogens is 558 g/mol. The highest BCUT2D eigenvalue weighted by Crippen LogP contribution is 2.38. The third-order valence-electron chi connectivity index (χ3n) is 6.71. The third kappa shape index (κ3) is 6.75. The van der Waals surface area contributed by atoms with Gasteiger partial charge in [0.2, 0.25) is 5.91 Å². The zero-order valence-electron chi connectivity index (χ0n) is 22.6. The van der Waals surface area contributed by atoms with Crippen molar-refractivity contribution in [3.8, 4) is 17.0 Å². The Balaban J connectivity index is 1.43. The first-order valence-corrected chi connectivity index (χ1v) is 13.6. The Kier molecular flexibility index (Phi) is 8.66. The first-order chi connectivity index (χ1) is 19.7. The second-order valence-electron chi connectivity index (χ2n) is 10.2. The molecule has 3 aromatic heterocycles. The van der Waals surface area contributed by atoms with Crippen LogP contribution in [0.25, 0.3) is 16.9 Å². The van der Waals surface area contributed by atoms with E-state index in [4.69, 9.17) is 16.3 Å². The number of alkyl halides is 2. The van der Waals surface area contributed by atoms with Crippen molar-refractivity contribution in [2.45, 2.75) is 33.2 Å². The van der Waals surface area contributed by atoms with Crippen LogP contribution in [0.1, 0.15) is 25.6 Å². The van der Waals surface area contributed by atoms with E-state index in [0.29, 0.717) is 30.2 Å². The molecule has 0 saturated carbocycles. The van der Waals surface area contributed by atoms with Crippen molar-refractivity contribution >= 4 is 28.8 Å². The number of aliphatic hydroxyl groups is 1. The molecule has 1 aliphatic rings. The minimum atomic E-state index is -3.08. The number of fused-ring (bicyclic) bond motifs is 1. The first kappa shape index (κ1) is 28.7. The summed E-state index contributed by atoms with van der Waals surface area (Å²) in [5.74, 6) is 0.262. The van der Waals surface area contributed by atoms with E-state index in [1.165, 1.54) is 39.8 Å². The Morgan fingerprint density at radius 1 is 1.22 bits per heavy atom. The smallest absolute Gasteiger partial charge is 0.387 e. The summed E-state index contributed by atoms with van der Waals surface area (Å²) in [6.45, 7) is 4.93. The van der Waals surface area contributed by atoms with Gasteiger partial charge in [-0.25, -0.2) is 9.50 Å². The minimum Gasteiger partial charge on any atom is -0.434 e. The van der Waals surface area contributed by atoms with Gasteiger partial charge in [-0.2, -0.15) is 19.0 Å². The predicted octanol–water partition coefficient (Wildman–Crippen LogP) is 3.75. The van der Waals surface area contributed by atoms with Crippen LogP contribution in [0.5, 0.6) is 5.75 Å². The second kappa shape index (κ2) is 12.4. The van der Waals surface area contributed by atoms with E-state index in [-0.39, 0.29) is 40.2 Å². The van der Waals surface area contributed by atoms with Gasteiger partial charge in [-0.15, -0.1) is 0 Å². The summed E-state index contributed by atoms with van der Waals surface area (Å²) in [4.78, 5) is 21.6. The lowest BCUT2D eigenvalue weighted by molar-refractivity contribution is -0.133. The van der Waals surface area contributed by atoms with E-state index >= 15 is 0 Å². The van der Waals surface area contributed by atoms with Crippen molar-refractivity contribution in [2.24, 2.45) is 5.92 Å². The molecule has 1 saturated heterocycles. The minimum absolute atomic E-state index is 0.0845. The molecule has 0 radical (unpaired) electrons. The Morgan fingerprint density at radius 3 is 2.73 bits per heavy atom. The quantitative estimate of drug-likeness (QED) is 0.269. The van der Waals surface area contributed by atoms with Gasteiger partial charge in [-0.3, -0.25) is 14.4 Å². The van der Waals surface area contributed by atoms with Gasteiger partial charge in [0.1, 0.15) is 18.0 Å². The Morgan fingerprint density at radius 2 is 2.00 bits per heavy atom. The number of piperazine rings is 1. The number of anilines is 1. The maximum atomic E-state index is 13.2. The molecule has 218 valence electrons. The topological polar surface area (TPSA) is 113 Å². The number of aromatic nitrogens is 5.